The number of anilines is 1. The smallest absolute Gasteiger partial charge is 0.406 e. The summed E-state index contributed by atoms with van der Waals surface area (Å²) in [4.78, 5) is 23.1. The molecule has 5 aromatic rings. The molecule has 0 saturated carbocycles. The van der Waals surface area contributed by atoms with Crippen LogP contribution >= 0.6 is 11.8 Å². The molecule has 1 atom stereocenters. The molecule has 8 nitrogen and oxygen atoms in total. The van der Waals surface area contributed by atoms with E-state index in [1.54, 1.807) is 17.0 Å². The normalized spacial score (nSPS) is 12.8. The minimum Gasteiger partial charge on any atom is -0.406 e. The summed E-state index contributed by atoms with van der Waals surface area (Å²) in [5, 5.41) is 6.56. The van der Waals surface area contributed by atoms with Crippen molar-refractivity contribution < 1.29 is 40.3 Å². The molecule has 0 spiro atoms. The van der Waals surface area contributed by atoms with Crippen LogP contribution in [0.1, 0.15) is 48.2 Å². The van der Waals surface area contributed by atoms with Gasteiger partial charge in [0.25, 0.3) is 0 Å². The highest BCUT2D eigenvalue weighted by atomic mass is 32.2. The Labute approximate surface area is 317 Å². The molecule has 4 aromatic carbocycles. The topological polar surface area (TPSA) is 84.6 Å². The summed E-state index contributed by atoms with van der Waals surface area (Å²) in [6, 6.07) is 25.2. The lowest BCUT2D eigenvalue weighted by Crippen LogP contribution is -2.35. The SMILES string of the molecule is Cc1ccc(C(C)C)c(N(CCc2ccccc2)/C(=N/C(=O)NCC(F)c2ccc(-c3ncn(-c4ccc(OC(F)(F)F)cc4)n3)cc2)SCC(F)(F)F)c1. The standard InChI is InChI=1S/C39H37F7N6O2S/c1-25(2)32-18-9-26(3)21-34(32)51(20-19-27-7-5-4-6-8-27)37(55-23-38(41,42)43)49-36(53)47-22-33(40)28-10-12-29(13-11-28)35-48-24-52(50-35)30-14-16-31(17-15-30)54-39(44,45)46/h4-18,21,24-25,33H,19-20,22-23H2,1-3H3,(H,47,53)/b49-37-. The second-order valence-corrected chi connectivity index (χ2v) is 13.7. The first-order valence-electron chi connectivity index (χ1n) is 17.0. The van der Waals surface area contributed by atoms with Crippen molar-refractivity contribution in [3.8, 4) is 22.8 Å². The number of halogens is 7. The van der Waals surface area contributed by atoms with Gasteiger partial charge in [0.2, 0.25) is 0 Å². The molecule has 1 unspecified atom stereocenters. The number of nitrogens with one attached hydrogen (secondary N) is 1. The highest BCUT2D eigenvalue weighted by molar-refractivity contribution is 8.14. The molecule has 0 aliphatic heterocycles. The van der Waals surface area contributed by atoms with Crippen LogP contribution in [-0.4, -0.2) is 57.3 Å². The van der Waals surface area contributed by atoms with Crippen molar-refractivity contribution in [1.29, 1.82) is 0 Å². The number of hydrogen-bond donors (Lipinski definition) is 1. The Hall–Kier alpha value is -5.38. The fraction of sp³-hybridized carbons (Fsp3) is 0.282. The van der Waals surface area contributed by atoms with E-state index in [0.29, 0.717) is 35.1 Å². The molecule has 2 amide bonds. The molecular weight excluding hydrogens is 750 g/mol. The van der Waals surface area contributed by atoms with Gasteiger partial charge < -0.3 is 15.0 Å². The first-order valence-corrected chi connectivity index (χ1v) is 18.0. The third-order valence-electron chi connectivity index (χ3n) is 8.15. The Balaban J connectivity index is 1.30. The van der Waals surface area contributed by atoms with E-state index in [1.165, 1.54) is 35.3 Å². The molecule has 0 aliphatic rings. The van der Waals surface area contributed by atoms with Crippen LogP contribution in [0.5, 0.6) is 5.75 Å². The van der Waals surface area contributed by atoms with Gasteiger partial charge in [0.05, 0.1) is 18.0 Å². The van der Waals surface area contributed by atoms with Gasteiger partial charge in [-0.3, -0.25) is 0 Å². The van der Waals surface area contributed by atoms with Gasteiger partial charge in [-0.15, -0.1) is 18.3 Å². The van der Waals surface area contributed by atoms with Crippen molar-refractivity contribution in [2.75, 3.05) is 23.7 Å². The number of amides is 2. The summed E-state index contributed by atoms with van der Waals surface area (Å²) >= 11 is 0.390. The predicted octanol–water partition coefficient (Wildman–Crippen LogP) is 10.4. The van der Waals surface area contributed by atoms with E-state index in [0.717, 1.165) is 28.8 Å². The van der Waals surface area contributed by atoms with E-state index in [-0.39, 0.29) is 34.8 Å². The fourth-order valence-electron chi connectivity index (χ4n) is 5.48. The van der Waals surface area contributed by atoms with E-state index >= 15 is 4.39 Å². The number of aryl methyl sites for hydroxylation is 1. The van der Waals surface area contributed by atoms with Crippen LogP contribution in [0.3, 0.4) is 0 Å². The minimum absolute atomic E-state index is 0.00481. The predicted molar refractivity (Wildman–Crippen MR) is 199 cm³/mol. The Morgan fingerprint density at radius 2 is 1.64 bits per heavy atom. The van der Waals surface area contributed by atoms with E-state index in [2.05, 4.69) is 25.1 Å². The van der Waals surface area contributed by atoms with Gasteiger partial charge in [-0.2, -0.15) is 18.2 Å². The molecule has 5 rings (SSSR count). The largest absolute Gasteiger partial charge is 0.573 e. The Bertz CT molecular complexity index is 2050. The molecule has 0 fully saturated rings. The second-order valence-electron chi connectivity index (χ2n) is 12.7. The number of ether oxygens (including phenoxy) is 1. The fourth-order valence-corrected chi connectivity index (χ4v) is 6.27. The van der Waals surface area contributed by atoms with Gasteiger partial charge in [-0.05, 0) is 71.8 Å². The molecule has 0 radical (unpaired) electrons. The number of aromatic nitrogens is 3. The van der Waals surface area contributed by atoms with Gasteiger partial charge in [0.15, 0.2) is 11.0 Å². The van der Waals surface area contributed by atoms with Crippen LogP contribution in [0.2, 0.25) is 0 Å². The highest BCUT2D eigenvalue weighted by Gasteiger charge is 2.32. The van der Waals surface area contributed by atoms with Crippen LogP contribution in [0.4, 0.5) is 41.2 Å². The van der Waals surface area contributed by atoms with Crippen LogP contribution in [-0.2, 0) is 6.42 Å². The van der Waals surface area contributed by atoms with Gasteiger partial charge in [0, 0.05) is 17.8 Å². The third-order valence-corrected chi connectivity index (χ3v) is 9.19. The van der Waals surface area contributed by atoms with Crippen molar-refractivity contribution >= 4 is 28.6 Å². The van der Waals surface area contributed by atoms with Crippen LogP contribution < -0.4 is 15.0 Å². The zero-order valence-corrected chi connectivity index (χ0v) is 30.7. The number of urea groups is 1. The number of carbonyl (C=O) groups excluding carboxylic acids is 1. The average molecular weight is 787 g/mol. The maximum absolute atomic E-state index is 15.4. The molecule has 0 bridgehead atoms. The number of alkyl halides is 7. The number of nitrogens with zero attached hydrogens (tertiary/aromatic N) is 5. The van der Waals surface area contributed by atoms with Gasteiger partial charge >= 0.3 is 18.6 Å². The highest BCUT2D eigenvalue weighted by Crippen LogP contribution is 2.33. The molecule has 1 heterocycles. The van der Waals surface area contributed by atoms with Crippen molar-refractivity contribution in [3.63, 3.8) is 0 Å². The number of benzene rings is 4. The van der Waals surface area contributed by atoms with Crippen LogP contribution in [0.25, 0.3) is 17.1 Å². The molecular formula is C39H37F7N6O2S. The Morgan fingerprint density at radius 3 is 2.27 bits per heavy atom. The summed E-state index contributed by atoms with van der Waals surface area (Å²) in [6.45, 7) is 5.52. The number of amidine groups is 1. The lowest BCUT2D eigenvalue weighted by atomic mass is 9.98. The van der Waals surface area contributed by atoms with Crippen molar-refractivity contribution in [2.45, 2.75) is 51.8 Å². The quantitative estimate of drug-likeness (QED) is 0.0770. The number of rotatable bonds is 12. The van der Waals surface area contributed by atoms with E-state index in [9.17, 15) is 31.1 Å². The summed E-state index contributed by atoms with van der Waals surface area (Å²) in [5.41, 5.74) is 4.44. The molecule has 0 saturated heterocycles. The second kappa shape index (κ2) is 17.8. The maximum Gasteiger partial charge on any atom is 0.573 e. The van der Waals surface area contributed by atoms with Crippen molar-refractivity contribution in [3.05, 3.63) is 126 Å². The zero-order chi connectivity index (χ0) is 39.8. The van der Waals surface area contributed by atoms with Gasteiger partial charge in [-0.25, -0.2) is 18.9 Å². The molecule has 16 heteroatoms. The number of aliphatic imine (C=N–C) groups is 1. The van der Waals surface area contributed by atoms with Gasteiger partial charge in [-0.1, -0.05) is 92.3 Å². The lowest BCUT2D eigenvalue weighted by Gasteiger charge is -2.29. The minimum atomic E-state index is -4.82. The summed E-state index contributed by atoms with van der Waals surface area (Å²) in [7, 11) is 0. The van der Waals surface area contributed by atoms with Crippen LogP contribution in [0, 0.1) is 6.92 Å². The summed E-state index contributed by atoms with van der Waals surface area (Å²) in [5.74, 6) is -1.42. The first-order chi connectivity index (χ1) is 26.0. The maximum atomic E-state index is 15.4. The van der Waals surface area contributed by atoms with E-state index < -0.39 is 37.0 Å². The molecule has 0 aliphatic carbocycles. The number of thioether (sulfide) groups is 1. The molecule has 1 aromatic heterocycles. The molecule has 1 N–H and O–H groups in total. The van der Waals surface area contributed by atoms with Crippen molar-refractivity contribution in [2.24, 2.45) is 4.99 Å². The van der Waals surface area contributed by atoms with Gasteiger partial charge in [0.1, 0.15) is 18.2 Å². The third kappa shape index (κ3) is 12.1. The number of carbonyl (C=O) groups is 1. The number of hydrogen-bond acceptors (Lipinski definition) is 5. The Kier molecular flexibility index (Phi) is 13.2. The summed E-state index contributed by atoms with van der Waals surface area (Å²) < 4.78 is 98.8. The lowest BCUT2D eigenvalue weighted by molar-refractivity contribution is -0.274. The van der Waals surface area contributed by atoms with Crippen molar-refractivity contribution in [1.82, 2.24) is 20.1 Å². The van der Waals surface area contributed by atoms with Crippen LogP contribution in [0.15, 0.2) is 108 Å². The molecule has 55 heavy (non-hydrogen) atoms. The van der Waals surface area contributed by atoms with E-state index in [4.69, 9.17) is 0 Å². The monoisotopic (exact) mass is 786 g/mol. The summed E-state index contributed by atoms with van der Waals surface area (Å²) in [6.07, 6.45) is -9.25. The average Bonchev–Trinajstić information content (AvgIpc) is 3.63. The molecule has 290 valence electrons. The van der Waals surface area contributed by atoms with E-state index in [1.807, 2.05) is 69.3 Å². The zero-order valence-electron chi connectivity index (χ0n) is 29.9. The Morgan fingerprint density at radius 1 is 0.945 bits per heavy atom. The first kappa shape index (κ1) is 40.8.